The van der Waals surface area contributed by atoms with Crippen molar-refractivity contribution in [3.63, 3.8) is 0 Å². The number of nitrogens with one attached hydrogen (secondary N) is 2. The van der Waals surface area contributed by atoms with Crippen molar-refractivity contribution in [3.8, 4) is 0 Å². The Morgan fingerprint density at radius 3 is 3.17 bits per heavy atom. The summed E-state index contributed by atoms with van der Waals surface area (Å²) >= 11 is 1.53. The van der Waals surface area contributed by atoms with Gasteiger partial charge in [-0.25, -0.2) is 4.98 Å². The summed E-state index contributed by atoms with van der Waals surface area (Å²) in [5.74, 6) is 0.0366. The van der Waals surface area contributed by atoms with E-state index in [4.69, 9.17) is 4.74 Å². The zero-order chi connectivity index (χ0) is 11.7. The van der Waals surface area contributed by atoms with E-state index >= 15 is 0 Å². The smallest absolute Gasteiger partial charge is 0.243 e. The molecule has 18 heavy (non-hydrogen) atoms. The fourth-order valence-corrected chi connectivity index (χ4v) is 3.13. The Hall–Kier alpha value is -0.690. The number of amides is 1. The van der Waals surface area contributed by atoms with Crippen molar-refractivity contribution in [2.75, 3.05) is 18.5 Å². The number of carbonyl (C=O) groups excluding carboxylic acids is 1. The first-order valence-corrected chi connectivity index (χ1v) is 6.75. The number of aromatic nitrogens is 1. The van der Waals surface area contributed by atoms with Crippen molar-refractivity contribution < 1.29 is 9.53 Å². The predicted octanol–water partition coefficient (Wildman–Crippen LogP) is 1.33. The van der Waals surface area contributed by atoms with Crippen LogP contribution in [0.4, 0.5) is 5.13 Å². The highest BCUT2D eigenvalue weighted by Gasteiger charge is 2.23. The van der Waals surface area contributed by atoms with Crippen LogP contribution in [0.15, 0.2) is 0 Å². The van der Waals surface area contributed by atoms with E-state index in [0.29, 0.717) is 11.7 Å². The largest absolute Gasteiger partial charge is 0.375 e. The highest BCUT2D eigenvalue weighted by atomic mass is 35.5. The number of hydrogen-bond donors (Lipinski definition) is 2. The number of carbonyl (C=O) groups is 1. The zero-order valence-corrected chi connectivity index (χ0v) is 11.5. The molecule has 3 rings (SSSR count). The van der Waals surface area contributed by atoms with Gasteiger partial charge in [-0.05, 0) is 19.4 Å². The van der Waals surface area contributed by atoms with Gasteiger partial charge in [0, 0.05) is 6.42 Å². The molecule has 2 aliphatic heterocycles. The number of hydrogen-bond acceptors (Lipinski definition) is 5. The van der Waals surface area contributed by atoms with Crippen LogP contribution in [0, 0.1) is 0 Å². The van der Waals surface area contributed by atoms with Crippen LogP contribution in [-0.4, -0.2) is 30.1 Å². The van der Waals surface area contributed by atoms with Gasteiger partial charge in [0.05, 0.1) is 29.8 Å². The second-order valence-electron chi connectivity index (χ2n) is 4.33. The number of halogens is 1. The average molecular weight is 290 g/mol. The number of anilines is 1. The van der Waals surface area contributed by atoms with Crippen molar-refractivity contribution in [2.45, 2.75) is 31.9 Å². The molecule has 1 amide bonds. The highest BCUT2D eigenvalue weighted by molar-refractivity contribution is 7.15. The first-order valence-electron chi connectivity index (χ1n) is 5.93. The lowest BCUT2D eigenvalue weighted by molar-refractivity contribution is -0.117. The molecule has 2 aliphatic rings. The molecule has 1 unspecified atom stereocenters. The topological polar surface area (TPSA) is 63.2 Å². The zero-order valence-electron chi connectivity index (χ0n) is 9.90. The van der Waals surface area contributed by atoms with Crippen molar-refractivity contribution in [3.05, 3.63) is 10.6 Å². The van der Waals surface area contributed by atoms with Gasteiger partial charge in [0.15, 0.2) is 5.13 Å². The summed E-state index contributed by atoms with van der Waals surface area (Å²) in [6, 6.07) is -0.0489. The van der Waals surface area contributed by atoms with Gasteiger partial charge < -0.3 is 15.4 Å². The van der Waals surface area contributed by atoms with E-state index in [0.717, 1.165) is 43.0 Å². The number of ether oxygens (including phenoxy) is 1. The van der Waals surface area contributed by atoms with Crippen LogP contribution < -0.4 is 10.6 Å². The van der Waals surface area contributed by atoms with Gasteiger partial charge in [-0.3, -0.25) is 4.79 Å². The minimum Gasteiger partial charge on any atom is -0.375 e. The van der Waals surface area contributed by atoms with E-state index in [-0.39, 0.29) is 24.4 Å². The molecule has 1 fully saturated rings. The van der Waals surface area contributed by atoms with Gasteiger partial charge in [0.25, 0.3) is 0 Å². The van der Waals surface area contributed by atoms with Crippen molar-refractivity contribution in [2.24, 2.45) is 0 Å². The molecule has 0 aliphatic carbocycles. The van der Waals surface area contributed by atoms with Crippen LogP contribution >= 0.6 is 23.7 Å². The van der Waals surface area contributed by atoms with E-state index in [9.17, 15) is 4.79 Å². The summed E-state index contributed by atoms with van der Waals surface area (Å²) in [5, 5.41) is 6.78. The van der Waals surface area contributed by atoms with Gasteiger partial charge >= 0.3 is 0 Å². The van der Waals surface area contributed by atoms with Gasteiger partial charge in [-0.1, -0.05) is 11.3 Å². The van der Waals surface area contributed by atoms with E-state index in [1.54, 1.807) is 0 Å². The molecule has 1 saturated heterocycles. The molecule has 0 radical (unpaired) electrons. The van der Waals surface area contributed by atoms with Gasteiger partial charge in [-0.2, -0.15) is 0 Å². The summed E-state index contributed by atoms with van der Waals surface area (Å²) in [6.07, 6.45) is 2.84. The fourth-order valence-electron chi connectivity index (χ4n) is 2.18. The molecule has 1 aromatic rings. The fraction of sp³-hybridized carbons (Fsp3) is 0.636. The Morgan fingerprint density at radius 2 is 2.44 bits per heavy atom. The monoisotopic (exact) mass is 289 g/mol. The number of nitrogens with zero attached hydrogens (tertiary/aromatic N) is 1. The van der Waals surface area contributed by atoms with Gasteiger partial charge in [0.2, 0.25) is 5.91 Å². The van der Waals surface area contributed by atoms with Crippen LogP contribution in [0.3, 0.4) is 0 Å². The Morgan fingerprint density at radius 1 is 1.56 bits per heavy atom. The molecule has 1 aromatic heterocycles. The van der Waals surface area contributed by atoms with Crippen LogP contribution in [0.25, 0.3) is 0 Å². The second kappa shape index (κ2) is 5.97. The van der Waals surface area contributed by atoms with Crippen LogP contribution in [0.1, 0.15) is 23.4 Å². The quantitative estimate of drug-likeness (QED) is 0.862. The summed E-state index contributed by atoms with van der Waals surface area (Å²) < 4.78 is 5.36. The highest BCUT2D eigenvalue weighted by Crippen LogP contribution is 2.27. The van der Waals surface area contributed by atoms with Crippen molar-refractivity contribution >= 4 is 34.8 Å². The molecule has 2 N–H and O–H groups in total. The van der Waals surface area contributed by atoms with E-state index < -0.39 is 0 Å². The Balaban J connectivity index is 0.00000120. The Labute approximate surface area is 116 Å². The molecular formula is C11H16ClN3O2S. The lowest BCUT2D eigenvalue weighted by Crippen LogP contribution is -2.35. The maximum absolute atomic E-state index is 11.9. The summed E-state index contributed by atoms with van der Waals surface area (Å²) in [5.41, 5.74) is 1.08. The minimum atomic E-state index is -0.0489. The molecule has 0 saturated carbocycles. The third-order valence-electron chi connectivity index (χ3n) is 3.10. The van der Waals surface area contributed by atoms with E-state index in [2.05, 4.69) is 15.6 Å². The average Bonchev–Trinajstić information content (AvgIpc) is 2.97. The molecule has 100 valence electrons. The van der Waals surface area contributed by atoms with Crippen molar-refractivity contribution in [1.82, 2.24) is 10.3 Å². The van der Waals surface area contributed by atoms with E-state index in [1.165, 1.54) is 11.3 Å². The number of thiazole rings is 1. The predicted molar refractivity (Wildman–Crippen MR) is 72.4 cm³/mol. The third-order valence-corrected chi connectivity index (χ3v) is 4.09. The van der Waals surface area contributed by atoms with E-state index in [1.807, 2.05) is 0 Å². The first kappa shape index (κ1) is 13.7. The van der Waals surface area contributed by atoms with Gasteiger partial charge in [-0.15, -0.1) is 12.4 Å². The first-order chi connectivity index (χ1) is 8.33. The summed E-state index contributed by atoms with van der Waals surface area (Å²) in [6.45, 7) is 2.29. The van der Waals surface area contributed by atoms with Crippen LogP contribution in [0.2, 0.25) is 0 Å². The molecule has 0 spiro atoms. The molecule has 0 bridgehead atoms. The van der Waals surface area contributed by atoms with Gasteiger partial charge in [0.1, 0.15) is 0 Å². The lowest BCUT2D eigenvalue weighted by atomic mass is 10.2. The molecule has 3 heterocycles. The Kier molecular flexibility index (Phi) is 4.55. The third kappa shape index (κ3) is 2.83. The molecular weight excluding hydrogens is 274 g/mol. The number of fused-ring (bicyclic) bond motifs is 1. The second-order valence-corrected chi connectivity index (χ2v) is 5.41. The normalized spacial score (nSPS) is 22.1. The molecule has 0 aromatic carbocycles. The number of rotatable bonds is 2. The summed E-state index contributed by atoms with van der Waals surface area (Å²) in [4.78, 5) is 17.5. The summed E-state index contributed by atoms with van der Waals surface area (Å²) in [7, 11) is 0. The maximum Gasteiger partial charge on any atom is 0.243 e. The molecule has 1 atom stereocenters. The SMILES string of the molecule is Cl.O=C(Nc1nc2c(s1)COCC2)C1CCCN1. The maximum atomic E-state index is 11.9. The van der Waals surface area contributed by atoms with Crippen LogP contribution in [0.5, 0.6) is 0 Å². The minimum absolute atomic E-state index is 0. The lowest BCUT2D eigenvalue weighted by Gasteiger charge is -2.08. The Bertz CT molecular complexity index is 408. The molecule has 7 heteroatoms. The van der Waals surface area contributed by atoms with Crippen molar-refractivity contribution in [1.29, 1.82) is 0 Å². The standard InChI is InChI=1S/C11H15N3O2S.ClH/c15-10(8-2-1-4-12-8)14-11-13-7-3-5-16-6-9(7)17-11;/h8,12H,1-6H2,(H,13,14,15);1H. The van der Waals surface area contributed by atoms with Crippen LogP contribution in [-0.2, 0) is 22.6 Å². The molecule has 5 nitrogen and oxygen atoms in total.